The van der Waals surface area contributed by atoms with Crippen LogP contribution in [0, 0.1) is 5.92 Å². The topological polar surface area (TPSA) is 39.7 Å². The van der Waals surface area contributed by atoms with E-state index in [9.17, 15) is 0 Å². The lowest BCUT2D eigenvalue weighted by Gasteiger charge is -2.16. The van der Waals surface area contributed by atoms with E-state index in [0.29, 0.717) is 0 Å². The van der Waals surface area contributed by atoms with Crippen LogP contribution in [-0.4, -0.2) is 50.6 Å². The van der Waals surface area contributed by atoms with Crippen LogP contribution < -0.4 is 10.6 Å². The molecule has 0 radical (unpaired) electrons. The zero-order valence-corrected chi connectivity index (χ0v) is 12.3. The number of rotatable bonds is 7. The third-order valence-electron chi connectivity index (χ3n) is 3.51. The van der Waals surface area contributed by atoms with Crippen molar-refractivity contribution in [1.82, 2.24) is 15.5 Å². The van der Waals surface area contributed by atoms with Gasteiger partial charge in [-0.2, -0.15) is 0 Å². The summed E-state index contributed by atoms with van der Waals surface area (Å²) < 4.78 is 0. The molecular formula is C14H30N4. The lowest BCUT2D eigenvalue weighted by atomic mass is 10.1. The van der Waals surface area contributed by atoms with Gasteiger partial charge in [0.05, 0.1) is 0 Å². The molecule has 1 rings (SSSR count). The molecule has 0 bridgehead atoms. The van der Waals surface area contributed by atoms with Crippen LogP contribution in [0.1, 0.15) is 39.5 Å². The standard InChI is InChI=1S/C14H30N4/c1-4-6-8-16-14(15-3)17-11-13-7-10-18(12-13)9-5-2/h13H,4-12H2,1-3H3,(H2,15,16,17). The van der Waals surface area contributed by atoms with Gasteiger partial charge in [0.2, 0.25) is 0 Å². The second-order valence-corrected chi connectivity index (χ2v) is 5.19. The van der Waals surface area contributed by atoms with Gasteiger partial charge in [-0.05, 0) is 38.3 Å². The summed E-state index contributed by atoms with van der Waals surface area (Å²) in [6.07, 6.45) is 5.01. The molecule has 0 spiro atoms. The van der Waals surface area contributed by atoms with Gasteiger partial charge in [-0.1, -0.05) is 20.3 Å². The van der Waals surface area contributed by atoms with E-state index in [1.165, 1.54) is 45.3 Å². The number of hydrogen-bond donors (Lipinski definition) is 2. The van der Waals surface area contributed by atoms with Crippen LogP contribution in [0.2, 0.25) is 0 Å². The number of nitrogens with zero attached hydrogens (tertiary/aromatic N) is 2. The molecule has 4 heteroatoms. The van der Waals surface area contributed by atoms with Crippen molar-refractivity contribution < 1.29 is 0 Å². The maximum absolute atomic E-state index is 4.26. The largest absolute Gasteiger partial charge is 0.356 e. The third-order valence-corrected chi connectivity index (χ3v) is 3.51. The number of hydrogen-bond acceptors (Lipinski definition) is 2. The van der Waals surface area contributed by atoms with E-state index in [0.717, 1.165) is 25.0 Å². The number of aliphatic imine (C=N–C) groups is 1. The van der Waals surface area contributed by atoms with Crippen molar-refractivity contribution in [3.63, 3.8) is 0 Å². The molecule has 1 aliphatic heterocycles. The molecule has 0 amide bonds. The molecule has 18 heavy (non-hydrogen) atoms. The third kappa shape index (κ3) is 5.71. The minimum Gasteiger partial charge on any atom is -0.356 e. The van der Waals surface area contributed by atoms with Crippen molar-refractivity contribution in [3.05, 3.63) is 0 Å². The Labute approximate surface area is 112 Å². The summed E-state index contributed by atoms with van der Waals surface area (Å²) in [6, 6.07) is 0. The molecule has 1 heterocycles. The van der Waals surface area contributed by atoms with Gasteiger partial charge in [0.25, 0.3) is 0 Å². The summed E-state index contributed by atoms with van der Waals surface area (Å²) >= 11 is 0. The maximum Gasteiger partial charge on any atom is 0.190 e. The highest BCUT2D eigenvalue weighted by Crippen LogP contribution is 2.15. The highest BCUT2D eigenvalue weighted by molar-refractivity contribution is 5.79. The molecule has 4 nitrogen and oxygen atoms in total. The van der Waals surface area contributed by atoms with Crippen molar-refractivity contribution in [3.8, 4) is 0 Å². The molecule has 0 aromatic heterocycles. The van der Waals surface area contributed by atoms with Crippen LogP contribution >= 0.6 is 0 Å². The smallest absolute Gasteiger partial charge is 0.190 e. The summed E-state index contributed by atoms with van der Waals surface area (Å²) in [5.41, 5.74) is 0. The lowest BCUT2D eigenvalue weighted by Crippen LogP contribution is -2.40. The Hall–Kier alpha value is -0.770. The molecule has 1 atom stereocenters. The Bertz CT molecular complexity index is 240. The maximum atomic E-state index is 4.26. The predicted octanol–water partition coefficient (Wildman–Crippen LogP) is 1.68. The van der Waals surface area contributed by atoms with E-state index in [4.69, 9.17) is 0 Å². The zero-order chi connectivity index (χ0) is 13.2. The van der Waals surface area contributed by atoms with E-state index in [2.05, 4.69) is 34.4 Å². The molecule has 1 saturated heterocycles. The van der Waals surface area contributed by atoms with Crippen molar-refractivity contribution in [2.45, 2.75) is 39.5 Å². The minimum atomic E-state index is 0.779. The van der Waals surface area contributed by atoms with E-state index in [1.807, 2.05) is 7.05 Å². The first-order chi connectivity index (χ1) is 8.80. The lowest BCUT2D eigenvalue weighted by molar-refractivity contribution is 0.324. The van der Waals surface area contributed by atoms with Gasteiger partial charge in [0.15, 0.2) is 5.96 Å². The number of nitrogens with one attached hydrogen (secondary N) is 2. The minimum absolute atomic E-state index is 0.779. The number of unbranched alkanes of at least 4 members (excludes halogenated alkanes) is 1. The Kier molecular flexibility index (Phi) is 7.81. The van der Waals surface area contributed by atoms with Crippen molar-refractivity contribution in [1.29, 1.82) is 0 Å². The molecule has 0 aromatic carbocycles. The zero-order valence-electron chi connectivity index (χ0n) is 12.3. The van der Waals surface area contributed by atoms with Crippen LogP contribution in [0.4, 0.5) is 0 Å². The van der Waals surface area contributed by atoms with Crippen LogP contribution in [0.3, 0.4) is 0 Å². The highest BCUT2D eigenvalue weighted by atomic mass is 15.2. The molecule has 1 aliphatic rings. The van der Waals surface area contributed by atoms with Crippen LogP contribution in [0.5, 0.6) is 0 Å². The van der Waals surface area contributed by atoms with E-state index >= 15 is 0 Å². The predicted molar refractivity (Wildman–Crippen MR) is 79.1 cm³/mol. The Balaban J connectivity index is 2.15. The first kappa shape index (κ1) is 15.3. The summed E-state index contributed by atoms with van der Waals surface area (Å²) in [5, 5.41) is 6.80. The second kappa shape index (κ2) is 9.20. The number of likely N-dealkylation sites (tertiary alicyclic amines) is 1. The normalized spacial score (nSPS) is 21.3. The average molecular weight is 254 g/mol. The van der Waals surface area contributed by atoms with Crippen molar-refractivity contribution in [2.24, 2.45) is 10.9 Å². The SMILES string of the molecule is CCCCNC(=NC)NCC1CCN(CCC)C1. The molecule has 0 aromatic rings. The Morgan fingerprint density at radius 3 is 2.78 bits per heavy atom. The second-order valence-electron chi connectivity index (χ2n) is 5.19. The van der Waals surface area contributed by atoms with E-state index in [-0.39, 0.29) is 0 Å². The monoisotopic (exact) mass is 254 g/mol. The molecule has 2 N–H and O–H groups in total. The van der Waals surface area contributed by atoms with Gasteiger partial charge in [-0.25, -0.2) is 0 Å². The van der Waals surface area contributed by atoms with Crippen molar-refractivity contribution >= 4 is 5.96 Å². The molecular weight excluding hydrogens is 224 g/mol. The van der Waals surface area contributed by atoms with E-state index < -0.39 is 0 Å². The molecule has 1 unspecified atom stereocenters. The molecule has 0 aliphatic carbocycles. The van der Waals surface area contributed by atoms with Crippen LogP contribution in [-0.2, 0) is 0 Å². The highest BCUT2D eigenvalue weighted by Gasteiger charge is 2.21. The summed E-state index contributed by atoms with van der Waals surface area (Å²) in [6.45, 7) is 10.3. The summed E-state index contributed by atoms with van der Waals surface area (Å²) in [7, 11) is 1.85. The first-order valence-electron chi connectivity index (χ1n) is 7.47. The van der Waals surface area contributed by atoms with Gasteiger partial charge in [0.1, 0.15) is 0 Å². The number of guanidine groups is 1. The Morgan fingerprint density at radius 2 is 2.11 bits per heavy atom. The molecule has 106 valence electrons. The van der Waals surface area contributed by atoms with Crippen LogP contribution in [0.25, 0.3) is 0 Å². The van der Waals surface area contributed by atoms with Gasteiger partial charge in [0, 0.05) is 26.7 Å². The van der Waals surface area contributed by atoms with Gasteiger partial charge < -0.3 is 15.5 Å². The Morgan fingerprint density at radius 1 is 1.28 bits per heavy atom. The van der Waals surface area contributed by atoms with Crippen LogP contribution in [0.15, 0.2) is 4.99 Å². The first-order valence-corrected chi connectivity index (χ1v) is 7.47. The molecule has 1 fully saturated rings. The quantitative estimate of drug-likeness (QED) is 0.412. The fraction of sp³-hybridized carbons (Fsp3) is 0.929. The fourth-order valence-electron chi connectivity index (χ4n) is 2.44. The van der Waals surface area contributed by atoms with Gasteiger partial charge in [-0.3, -0.25) is 4.99 Å². The van der Waals surface area contributed by atoms with Gasteiger partial charge in [-0.15, -0.1) is 0 Å². The fourth-order valence-corrected chi connectivity index (χ4v) is 2.44. The average Bonchev–Trinajstić information content (AvgIpc) is 2.82. The summed E-state index contributed by atoms with van der Waals surface area (Å²) in [5.74, 6) is 1.73. The molecule has 0 saturated carbocycles. The summed E-state index contributed by atoms with van der Waals surface area (Å²) in [4.78, 5) is 6.83. The van der Waals surface area contributed by atoms with E-state index in [1.54, 1.807) is 0 Å². The van der Waals surface area contributed by atoms with Crippen molar-refractivity contribution in [2.75, 3.05) is 39.8 Å². The van der Waals surface area contributed by atoms with Gasteiger partial charge >= 0.3 is 0 Å².